The molecule has 1 fully saturated rings. The lowest BCUT2D eigenvalue weighted by Gasteiger charge is -2.38. The zero-order valence-corrected chi connectivity index (χ0v) is 13.0. The topological polar surface area (TPSA) is 47.7 Å². The van der Waals surface area contributed by atoms with Gasteiger partial charge in [0, 0.05) is 18.6 Å². The minimum absolute atomic E-state index is 0.0247. The van der Waals surface area contributed by atoms with Crippen LogP contribution in [0, 0.1) is 5.92 Å². The van der Waals surface area contributed by atoms with Gasteiger partial charge in [0.05, 0.1) is 0 Å². The van der Waals surface area contributed by atoms with Gasteiger partial charge < -0.3 is 15.2 Å². The molecular formula is C17H26N2O2. The lowest BCUT2D eigenvalue weighted by Crippen LogP contribution is -2.43. The summed E-state index contributed by atoms with van der Waals surface area (Å²) >= 11 is 0. The average molecular weight is 290 g/mol. The van der Waals surface area contributed by atoms with Crippen LogP contribution in [0.4, 0.5) is 0 Å². The molecule has 0 radical (unpaired) electrons. The molecule has 0 amide bonds. The van der Waals surface area contributed by atoms with Crippen molar-refractivity contribution < 1.29 is 9.47 Å². The Kier molecular flexibility index (Phi) is 4.36. The van der Waals surface area contributed by atoms with Gasteiger partial charge in [-0.15, -0.1) is 0 Å². The third kappa shape index (κ3) is 3.33. The van der Waals surface area contributed by atoms with E-state index in [1.165, 1.54) is 12.8 Å². The smallest absolute Gasteiger partial charge is 0.161 e. The Bertz CT molecular complexity index is 492. The van der Waals surface area contributed by atoms with Crippen molar-refractivity contribution in [2.75, 3.05) is 26.3 Å². The molecule has 4 heteroatoms. The summed E-state index contributed by atoms with van der Waals surface area (Å²) in [4.78, 5) is 2.52. The zero-order valence-electron chi connectivity index (χ0n) is 13.0. The fraction of sp³-hybridized carbons (Fsp3) is 0.647. The van der Waals surface area contributed by atoms with Crippen LogP contribution in [0.1, 0.15) is 38.3 Å². The van der Waals surface area contributed by atoms with Gasteiger partial charge in [-0.1, -0.05) is 13.0 Å². The molecule has 21 heavy (non-hydrogen) atoms. The number of rotatable bonds is 3. The molecule has 3 unspecified atom stereocenters. The summed E-state index contributed by atoms with van der Waals surface area (Å²) in [7, 11) is 0. The van der Waals surface area contributed by atoms with Gasteiger partial charge in [0.2, 0.25) is 0 Å². The van der Waals surface area contributed by atoms with Crippen molar-refractivity contribution in [2.45, 2.75) is 38.8 Å². The second-order valence-corrected chi connectivity index (χ2v) is 6.48. The molecule has 116 valence electrons. The van der Waals surface area contributed by atoms with Crippen molar-refractivity contribution in [1.29, 1.82) is 0 Å². The van der Waals surface area contributed by atoms with Gasteiger partial charge in [-0.25, -0.2) is 0 Å². The summed E-state index contributed by atoms with van der Waals surface area (Å²) < 4.78 is 11.2. The first-order valence-corrected chi connectivity index (χ1v) is 8.02. The maximum atomic E-state index is 6.42. The molecule has 0 bridgehead atoms. The second kappa shape index (κ2) is 6.24. The van der Waals surface area contributed by atoms with Crippen molar-refractivity contribution >= 4 is 0 Å². The Morgan fingerprint density at radius 2 is 2.00 bits per heavy atom. The summed E-state index contributed by atoms with van der Waals surface area (Å²) in [5.74, 6) is 2.49. The van der Waals surface area contributed by atoms with Crippen LogP contribution in [0.2, 0.25) is 0 Å². The number of benzene rings is 1. The molecule has 0 aromatic heterocycles. The molecule has 1 aromatic rings. The van der Waals surface area contributed by atoms with Crippen LogP contribution in [0.5, 0.6) is 11.5 Å². The van der Waals surface area contributed by atoms with Crippen LogP contribution in [-0.2, 0) is 0 Å². The molecule has 2 aliphatic heterocycles. The van der Waals surface area contributed by atoms with Crippen LogP contribution in [0.3, 0.4) is 0 Å². The molecule has 0 aliphatic carbocycles. The summed E-state index contributed by atoms with van der Waals surface area (Å²) in [5, 5.41) is 0. The Morgan fingerprint density at radius 1 is 1.24 bits per heavy atom. The number of nitrogens with zero attached hydrogens (tertiary/aromatic N) is 1. The lowest BCUT2D eigenvalue weighted by molar-refractivity contribution is 0.122. The molecule has 2 aliphatic rings. The van der Waals surface area contributed by atoms with E-state index in [4.69, 9.17) is 15.2 Å². The summed E-state index contributed by atoms with van der Waals surface area (Å²) in [5.41, 5.74) is 7.55. The van der Waals surface area contributed by atoms with E-state index in [0.29, 0.717) is 19.3 Å². The third-order valence-electron chi connectivity index (χ3n) is 4.70. The van der Waals surface area contributed by atoms with Gasteiger partial charge in [0.25, 0.3) is 0 Å². The Morgan fingerprint density at radius 3 is 2.76 bits per heavy atom. The average Bonchev–Trinajstić information content (AvgIpc) is 2.49. The highest BCUT2D eigenvalue weighted by molar-refractivity contribution is 5.44. The van der Waals surface area contributed by atoms with Gasteiger partial charge in [-0.3, -0.25) is 4.90 Å². The molecule has 0 saturated carbocycles. The van der Waals surface area contributed by atoms with E-state index in [9.17, 15) is 0 Å². The second-order valence-electron chi connectivity index (χ2n) is 6.48. The van der Waals surface area contributed by atoms with Crippen LogP contribution in [0.15, 0.2) is 18.2 Å². The first kappa shape index (κ1) is 14.7. The fourth-order valence-electron chi connectivity index (χ4n) is 3.38. The summed E-state index contributed by atoms with van der Waals surface area (Å²) in [6.45, 7) is 7.96. The van der Waals surface area contributed by atoms with E-state index >= 15 is 0 Å². The molecule has 4 nitrogen and oxygen atoms in total. The molecule has 1 saturated heterocycles. The predicted octanol–water partition coefficient (Wildman–Crippen LogP) is 2.58. The normalized spacial score (nSPS) is 27.4. The van der Waals surface area contributed by atoms with Gasteiger partial charge in [-0.05, 0) is 49.9 Å². The largest absolute Gasteiger partial charge is 0.486 e. The highest BCUT2D eigenvalue weighted by Crippen LogP contribution is 2.33. The maximum Gasteiger partial charge on any atom is 0.161 e. The van der Waals surface area contributed by atoms with Crippen LogP contribution >= 0.6 is 0 Å². The van der Waals surface area contributed by atoms with Crippen molar-refractivity contribution in [1.82, 2.24) is 4.90 Å². The number of hydrogen-bond acceptors (Lipinski definition) is 4. The number of likely N-dealkylation sites (tertiary alicyclic amines) is 1. The standard InChI is InChI=1S/C17H26N2O2/c1-12-5-6-19(13(2)9-12)11-15(18)14-3-4-16-17(10-14)21-8-7-20-16/h3-4,10,12-13,15H,5-9,11,18H2,1-2H3. The van der Waals surface area contributed by atoms with Gasteiger partial charge >= 0.3 is 0 Å². The molecule has 1 aromatic carbocycles. The van der Waals surface area contributed by atoms with Crippen molar-refractivity contribution in [3.05, 3.63) is 23.8 Å². The van der Waals surface area contributed by atoms with Crippen LogP contribution in [-0.4, -0.2) is 37.2 Å². The first-order chi connectivity index (χ1) is 10.1. The first-order valence-electron chi connectivity index (χ1n) is 8.02. The van der Waals surface area contributed by atoms with E-state index in [-0.39, 0.29) is 6.04 Å². The Balaban J connectivity index is 1.66. The predicted molar refractivity (Wildman–Crippen MR) is 83.8 cm³/mol. The van der Waals surface area contributed by atoms with E-state index in [0.717, 1.165) is 36.1 Å². The number of piperidine rings is 1. The van der Waals surface area contributed by atoms with E-state index < -0.39 is 0 Å². The fourth-order valence-corrected chi connectivity index (χ4v) is 3.38. The number of hydrogen-bond donors (Lipinski definition) is 1. The van der Waals surface area contributed by atoms with E-state index in [1.807, 2.05) is 12.1 Å². The minimum atomic E-state index is 0.0247. The quantitative estimate of drug-likeness (QED) is 0.929. The van der Waals surface area contributed by atoms with Crippen molar-refractivity contribution in [3.63, 3.8) is 0 Å². The van der Waals surface area contributed by atoms with Crippen molar-refractivity contribution in [2.24, 2.45) is 11.7 Å². The van der Waals surface area contributed by atoms with Crippen molar-refractivity contribution in [3.8, 4) is 11.5 Å². The monoisotopic (exact) mass is 290 g/mol. The highest BCUT2D eigenvalue weighted by atomic mass is 16.6. The van der Waals surface area contributed by atoms with Gasteiger partial charge in [-0.2, -0.15) is 0 Å². The molecular weight excluding hydrogens is 264 g/mol. The number of ether oxygens (including phenoxy) is 2. The van der Waals surface area contributed by atoms with E-state index in [2.05, 4.69) is 24.8 Å². The van der Waals surface area contributed by atoms with Crippen LogP contribution in [0.25, 0.3) is 0 Å². The lowest BCUT2D eigenvalue weighted by atomic mass is 9.92. The molecule has 3 rings (SSSR count). The maximum absolute atomic E-state index is 6.42. The zero-order chi connectivity index (χ0) is 14.8. The molecule has 2 heterocycles. The Labute approximate surface area is 127 Å². The highest BCUT2D eigenvalue weighted by Gasteiger charge is 2.25. The van der Waals surface area contributed by atoms with Gasteiger partial charge in [0.1, 0.15) is 13.2 Å². The van der Waals surface area contributed by atoms with Gasteiger partial charge in [0.15, 0.2) is 11.5 Å². The molecule has 3 atom stereocenters. The van der Waals surface area contributed by atoms with E-state index in [1.54, 1.807) is 0 Å². The third-order valence-corrected chi connectivity index (χ3v) is 4.70. The Hall–Kier alpha value is -1.26. The SMILES string of the molecule is CC1CCN(CC(N)c2ccc3c(c2)OCCO3)C(C)C1. The minimum Gasteiger partial charge on any atom is -0.486 e. The molecule has 0 spiro atoms. The number of fused-ring (bicyclic) bond motifs is 1. The number of nitrogens with two attached hydrogens (primary N) is 1. The van der Waals surface area contributed by atoms with Crippen LogP contribution < -0.4 is 15.2 Å². The molecule has 2 N–H and O–H groups in total. The summed E-state index contributed by atoms with van der Waals surface area (Å²) in [6, 6.07) is 6.73. The summed E-state index contributed by atoms with van der Waals surface area (Å²) in [6.07, 6.45) is 2.55.